The molecule has 0 aliphatic heterocycles. The number of aromatic nitrogens is 3. The van der Waals surface area contributed by atoms with Gasteiger partial charge >= 0.3 is 6.18 Å². The van der Waals surface area contributed by atoms with Gasteiger partial charge in [0.25, 0.3) is 0 Å². The molecule has 4 rings (SSSR count). The summed E-state index contributed by atoms with van der Waals surface area (Å²) in [5.41, 5.74) is 1.13. The van der Waals surface area contributed by atoms with Crippen molar-refractivity contribution < 1.29 is 18.0 Å². The fourth-order valence-corrected chi connectivity index (χ4v) is 3.06. The van der Waals surface area contributed by atoms with Crippen LogP contribution in [0, 0.1) is 5.92 Å². The Morgan fingerprint density at radius 3 is 2.37 bits per heavy atom. The van der Waals surface area contributed by atoms with Crippen molar-refractivity contribution in [3.05, 3.63) is 71.9 Å². The number of pyridine rings is 1. The lowest BCUT2D eigenvalue weighted by molar-refractivity contribution is -0.137. The molecular formula is C22H19F3N4O. The zero-order valence-corrected chi connectivity index (χ0v) is 16.0. The Labute approximate surface area is 171 Å². The Balaban J connectivity index is 1.36. The van der Waals surface area contributed by atoms with Crippen molar-refractivity contribution in [3.8, 4) is 11.1 Å². The second-order valence-electron chi connectivity index (χ2n) is 7.39. The van der Waals surface area contributed by atoms with Crippen LogP contribution in [0.3, 0.4) is 0 Å². The highest BCUT2D eigenvalue weighted by atomic mass is 19.4. The van der Waals surface area contributed by atoms with E-state index in [4.69, 9.17) is 0 Å². The Kier molecular flexibility index (Phi) is 5.48. The van der Waals surface area contributed by atoms with Gasteiger partial charge in [-0.25, -0.2) is 15.0 Å². The van der Waals surface area contributed by atoms with Gasteiger partial charge in [0, 0.05) is 36.1 Å². The second kappa shape index (κ2) is 8.22. The summed E-state index contributed by atoms with van der Waals surface area (Å²) < 4.78 is 38.4. The van der Waals surface area contributed by atoms with Gasteiger partial charge in [-0.05, 0) is 42.5 Å². The summed E-state index contributed by atoms with van der Waals surface area (Å²) in [4.78, 5) is 25.2. The quantitative estimate of drug-likeness (QED) is 0.638. The number of halogens is 3. The van der Waals surface area contributed by atoms with Gasteiger partial charge in [0.1, 0.15) is 11.6 Å². The van der Waals surface area contributed by atoms with E-state index in [-0.39, 0.29) is 12.0 Å². The van der Waals surface area contributed by atoms with E-state index in [0.717, 1.165) is 41.4 Å². The van der Waals surface area contributed by atoms with Gasteiger partial charge < -0.3 is 5.32 Å². The maximum absolute atomic E-state index is 12.8. The van der Waals surface area contributed by atoms with E-state index in [1.807, 2.05) is 0 Å². The van der Waals surface area contributed by atoms with Crippen LogP contribution in [0.1, 0.15) is 29.8 Å². The normalized spacial score (nSPS) is 13.8. The predicted octanol–water partition coefficient (Wildman–Crippen LogP) is 4.69. The summed E-state index contributed by atoms with van der Waals surface area (Å²) in [5.74, 6) is 1.44. The van der Waals surface area contributed by atoms with Crippen molar-refractivity contribution in [1.29, 1.82) is 0 Å². The van der Waals surface area contributed by atoms with Gasteiger partial charge in [0.05, 0.1) is 12.0 Å². The molecule has 0 atom stereocenters. The van der Waals surface area contributed by atoms with Gasteiger partial charge in [0.15, 0.2) is 0 Å². The first kappa shape index (κ1) is 20.0. The Morgan fingerprint density at radius 1 is 1.00 bits per heavy atom. The molecule has 0 radical (unpaired) electrons. The first-order chi connectivity index (χ1) is 14.4. The van der Waals surface area contributed by atoms with Crippen molar-refractivity contribution in [2.24, 2.45) is 5.92 Å². The molecule has 0 spiro atoms. The lowest BCUT2D eigenvalue weighted by Gasteiger charge is -2.09. The van der Waals surface area contributed by atoms with Crippen LogP contribution >= 0.6 is 0 Å². The van der Waals surface area contributed by atoms with E-state index in [2.05, 4.69) is 20.3 Å². The largest absolute Gasteiger partial charge is 0.416 e. The molecule has 154 valence electrons. The summed E-state index contributed by atoms with van der Waals surface area (Å²) in [6.07, 6.45) is 3.90. The molecular weight excluding hydrogens is 393 g/mol. The number of carbonyl (C=O) groups is 1. The van der Waals surface area contributed by atoms with Crippen LogP contribution in [0.2, 0.25) is 0 Å². The number of alkyl halides is 3. The molecule has 1 aromatic carbocycles. The van der Waals surface area contributed by atoms with Crippen molar-refractivity contribution in [2.75, 3.05) is 5.32 Å². The molecule has 0 saturated heterocycles. The summed E-state index contributed by atoms with van der Waals surface area (Å²) in [6.45, 7) is 0. The van der Waals surface area contributed by atoms with Gasteiger partial charge in [-0.2, -0.15) is 13.2 Å². The molecule has 1 saturated carbocycles. The zero-order valence-electron chi connectivity index (χ0n) is 16.0. The highest BCUT2D eigenvalue weighted by molar-refractivity contribution is 5.91. The molecule has 1 N–H and O–H groups in total. The Bertz CT molecular complexity index is 1030. The van der Waals surface area contributed by atoms with Crippen molar-refractivity contribution in [1.82, 2.24) is 15.0 Å². The standard InChI is InChI=1S/C22H19F3N4O/c23-22(24,25)18-3-1-2-15(8-18)10-21(30)29-19-7-6-16(11-26-19)17-12-27-20(28-13-17)9-14-4-5-14/h1-3,6-8,11-14H,4-5,9-10H2,(H,26,29,30). The summed E-state index contributed by atoms with van der Waals surface area (Å²) in [6, 6.07) is 8.14. The number of carbonyl (C=O) groups excluding carboxylic acids is 1. The molecule has 3 aromatic rings. The number of hydrogen-bond acceptors (Lipinski definition) is 4. The smallest absolute Gasteiger partial charge is 0.310 e. The fourth-order valence-electron chi connectivity index (χ4n) is 3.06. The zero-order chi connectivity index (χ0) is 21.1. The molecule has 5 nitrogen and oxygen atoms in total. The molecule has 0 bridgehead atoms. The number of rotatable bonds is 6. The molecule has 2 heterocycles. The molecule has 0 unspecified atom stereocenters. The molecule has 1 aliphatic rings. The van der Waals surface area contributed by atoms with Crippen LogP contribution < -0.4 is 5.32 Å². The topological polar surface area (TPSA) is 67.8 Å². The molecule has 8 heteroatoms. The Hall–Kier alpha value is -3.29. The molecule has 1 amide bonds. The van der Waals surface area contributed by atoms with Crippen molar-refractivity contribution >= 4 is 11.7 Å². The summed E-state index contributed by atoms with van der Waals surface area (Å²) >= 11 is 0. The molecule has 1 fully saturated rings. The summed E-state index contributed by atoms with van der Waals surface area (Å²) in [7, 11) is 0. The fraction of sp³-hybridized carbons (Fsp3) is 0.273. The number of benzene rings is 1. The predicted molar refractivity (Wildman–Crippen MR) is 105 cm³/mol. The second-order valence-corrected chi connectivity index (χ2v) is 7.39. The molecule has 2 aromatic heterocycles. The summed E-state index contributed by atoms with van der Waals surface area (Å²) in [5, 5.41) is 2.60. The van der Waals surface area contributed by atoms with Crippen LogP contribution in [0.5, 0.6) is 0 Å². The minimum Gasteiger partial charge on any atom is -0.310 e. The van der Waals surface area contributed by atoms with E-state index < -0.39 is 17.6 Å². The lowest BCUT2D eigenvalue weighted by atomic mass is 10.1. The average Bonchev–Trinajstić information content (AvgIpc) is 3.53. The van der Waals surface area contributed by atoms with E-state index >= 15 is 0 Å². The van der Waals surface area contributed by atoms with Gasteiger partial charge in [-0.15, -0.1) is 0 Å². The van der Waals surface area contributed by atoms with E-state index in [1.54, 1.807) is 30.7 Å². The number of hydrogen-bond donors (Lipinski definition) is 1. The monoisotopic (exact) mass is 412 g/mol. The SMILES string of the molecule is O=C(Cc1cccc(C(F)(F)F)c1)Nc1ccc(-c2cnc(CC3CC3)nc2)cn1. The van der Waals surface area contributed by atoms with Crippen LogP contribution in [0.4, 0.5) is 19.0 Å². The van der Waals surface area contributed by atoms with Gasteiger partial charge in [-0.3, -0.25) is 4.79 Å². The van der Waals surface area contributed by atoms with Crippen LogP contribution in [0.15, 0.2) is 55.0 Å². The molecule has 30 heavy (non-hydrogen) atoms. The van der Waals surface area contributed by atoms with Crippen molar-refractivity contribution in [3.63, 3.8) is 0 Å². The Morgan fingerprint density at radius 2 is 1.73 bits per heavy atom. The minimum atomic E-state index is -4.44. The third-order valence-electron chi connectivity index (χ3n) is 4.86. The van der Waals surface area contributed by atoms with E-state index in [1.165, 1.54) is 25.0 Å². The number of amides is 1. The number of nitrogens with one attached hydrogen (secondary N) is 1. The van der Waals surface area contributed by atoms with Gasteiger partial charge in [0.2, 0.25) is 5.91 Å². The third kappa shape index (κ3) is 5.20. The van der Waals surface area contributed by atoms with Crippen LogP contribution in [0.25, 0.3) is 11.1 Å². The first-order valence-corrected chi connectivity index (χ1v) is 9.60. The maximum atomic E-state index is 12.8. The van der Waals surface area contributed by atoms with E-state index in [0.29, 0.717) is 5.82 Å². The maximum Gasteiger partial charge on any atom is 0.416 e. The minimum absolute atomic E-state index is 0.177. The van der Waals surface area contributed by atoms with Crippen LogP contribution in [-0.2, 0) is 23.8 Å². The van der Waals surface area contributed by atoms with Crippen LogP contribution in [-0.4, -0.2) is 20.9 Å². The highest BCUT2D eigenvalue weighted by Gasteiger charge is 2.30. The number of nitrogens with zero attached hydrogens (tertiary/aromatic N) is 3. The van der Waals surface area contributed by atoms with Crippen molar-refractivity contribution in [2.45, 2.75) is 31.9 Å². The third-order valence-corrected chi connectivity index (χ3v) is 4.86. The molecule has 1 aliphatic carbocycles. The highest BCUT2D eigenvalue weighted by Crippen LogP contribution is 2.32. The average molecular weight is 412 g/mol. The lowest BCUT2D eigenvalue weighted by Crippen LogP contribution is -2.16. The first-order valence-electron chi connectivity index (χ1n) is 9.60. The van der Waals surface area contributed by atoms with Gasteiger partial charge in [-0.1, -0.05) is 18.2 Å². The van der Waals surface area contributed by atoms with E-state index in [9.17, 15) is 18.0 Å². The number of anilines is 1.